The quantitative estimate of drug-likeness (QED) is 0.294. The molecular formula is C31H41N5O. The molecule has 0 radical (unpaired) electrons. The Balaban J connectivity index is 0.000000266. The first-order chi connectivity index (χ1) is 17.4. The number of carbonyl (C=O) groups is 1. The first-order valence-corrected chi connectivity index (χ1v) is 12.7. The average molecular weight is 500 g/mol. The highest BCUT2D eigenvalue weighted by Crippen LogP contribution is 2.24. The van der Waals surface area contributed by atoms with Crippen LogP contribution < -0.4 is 16.4 Å². The number of nitrogens with one attached hydrogen (secondary N) is 2. The molecule has 0 aliphatic heterocycles. The largest absolute Gasteiger partial charge is 0.334 e. The summed E-state index contributed by atoms with van der Waals surface area (Å²) in [5.41, 5.74) is 12.5. The summed E-state index contributed by atoms with van der Waals surface area (Å²) in [5.74, 6) is 0. The van der Waals surface area contributed by atoms with Crippen LogP contribution in [0, 0.1) is 0 Å². The summed E-state index contributed by atoms with van der Waals surface area (Å²) in [6.45, 7) is 14.3. The van der Waals surface area contributed by atoms with E-state index in [1.165, 1.54) is 16.7 Å². The molecule has 4 aromatic rings. The lowest BCUT2D eigenvalue weighted by Gasteiger charge is -2.19. The number of rotatable bonds is 4. The van der Waals surface area contributed by atoms with Crippen molar-refractivity contribution in [1.29, 1.82) is 0 Å². The number of hydrogen-bond donors (Lipinski definition) is 3. The van der Waals surface area contributed by atoms with Gasteiger partial charge >= 0.3 is 6.03 Å². The Morgan fingerprint density at radius 2 is 1.38 bits per heavy atom. The van der Waals surface area contributed by atoms with Crippen LogP contribution in [0.15, 0.2) is 72.9 Å². The molecular weight excluding hydrogens is 458 g/mol. The average Bonchev–Trinajstić information content (AvgIpc) is 3.24. The third-order valence-corrected chi connectivity index (χ3v) is 6.37. The van der Waals surface area contributed by atoms with Crippen molar-refractivity contribution in [2.45, 2.75) is 65.5 Å². The molecule has 0 spiro atoms. The van der Waals surface area contributed by atoms with Gasteiger partial charge in [-0.25, -0.2) is 4.79 Å². The molecule has 0 fully saturated rings. The normalized spacial score (nSPS) is 11.6. The Labute approximate surface area is 221 Å². The number of carbonyl (C=O) groups excluding carboxylic acids is 1. The van der Waals surface area contributed by atoms with Crippen LogP contribution in [0.25, 0.3) is 10.9 Å². The molecule has 0 saturated heterocycles. The Hall–Kier alpha value is -3.64. The topological polar surface area (TPSA) is 85.0 Å². The van der Waals surface area contributed by atoms with E-state index in [9.17, 15) is 4.79 Å². The minimum absolute atomic E-state index is 0.131. The molecule has 4 N–H and O–H groups in total. The molecule has 0 saturated carbocycles. The van der Waals surface area contributed by atoms with Gasteiger partial charge in [0.25, 0.3) is 0 Å². The van der Waals surface area contributed by atoms with Gasteiger partial charge in [0.15, 0.2) is 0 Å². The van der Waals surface area contributed by atoms with E-state index in [0.717, 1.165) is 22.2 Å². The molecule has 0 aliphatic carbocycles. The molecule has 0 bridgehead atoms. The number of amides is 2. The standard InChI is InChI=1S/C20H24N4O.C11H17N/c1-20(2,3)15-10-8-14(9-11-15)12-21-19(25)23-17-6-5-7-18-16(17)13-22-24(18)4;1-11(2,3)10-6-4-9(8-12)5-7-10/h5-11,13H,12H2,1-4H3,(H2,21,23,25);4-7H,8,12H2,1-3H3. The second kappa shape index (κ2) is 11.6. The Kier molecular flexibility index (Phi) is 8.77. The van der Waals surface area contributed by atoms with Gasteiger partial charge in [0, 0.05) is 25.5 Å². The van der Waals surface area contributed by atoms with Gasteiger partial charge in [-0.1, -0.05) is 96.1 Å². The van der Waals surface area contributed by atoms with Gasteiger partial charge in [-0.3, -0.25) is 4.68 Å². The van der Waals surface area contributed by atoms with E-state index in [0.29, 0.717) is 13.1 Å². The minimum atomic E-state index is -0.226. The summed E-state index contributed by atoms with van der Waals surface area (Å²) in [7, 11) is 1.88. The van der Waals surface area contributed by atoms with E-state index in [-0.39, 0.29) is 16.9 Å². The van der Waals surface area contributed by atoms with Crippen molar-refractivity contribution in [2.24, 2.45) is 12.8 Å². The molecule has 1 heterocycles. The molecule has 4 rings (SSSR count). The zero-order chi connectivity index (χ0) is 27.2. The lowest BCUT2D eigenvalue weighted by molar-refractivity contribution is 0.252. The number of benzene rings is 3. The van der Waals surface area contributed by atoms with Gasteiger partial charge in [-0.05, 0) is 45.2 Å². The van der Waals surface area contributed by atoms with Gasteiger partial charge in [0.2, 0.25) is 0 Å². The van der Waals surface area contributed by atoms with Crippen LogP contribution in [0.2, 0.25) is 0 Å². The maximum absolute atomic E-state index is 12.2. The molecule has 1 aromatic heterocycles. The molecule has 6 heteroatoms. The number of urea groups is 1. The Morgan fingerprint density at radius 1 is 0.838 bits per heavy atom. The molecule has 3 aromatic carbocycles. The number of aryl methyl sites for hydroxylation is 1. The van der Waals surface area contributed by atoms with E-state index in [2.05, 4.69) is 106 Å². The van der Waals surface area contributed by atoms with E-state index in [1.807, 2.05) is 25.2 Å². The van der Waals surface area contributed by atoms with Crippen molar-refractivity contribution in [3.8, 4) is 0 Å². The molecule has 0 unspecified atom stereocenters. The van der Waals surface area contributed by atoms with E-state index in [4.69, 9.17) is 5.73 Å². The van der Waals surface area contributed by atoms with Crippen molar-refractivity contribution in [2.75, 3.05) is 5.32 Å². The molecule has 0 aliphatic rings. The first kappa shape index (κ1) is 27.9. The van der Waals surface area contributed by atoms with E-state index < -0.39 is 0 Å². The van der Waals surface area contributed by atoms with Gasteiger partial charge in [0.05, 0.1) is 17.4 Å². The highest BCUT2D eigenvalue weighted by Gasteiger charge is 2.14. The number of nitrogens with two attached hydrogens (primary N) is 1. The second-order valence-corrected chi connectivity index (χ2v) is 11.4. The van der Waals surface area contributed by atoms with Crippen molar-refractivity contribution >= 4 is 22.6 Å². The maximum Gasteiger partial charge on any atom is 0.319 e. The minimum Gasteiger partial charge on any atom is -0.334 e. The third kappa shape index (κ3) is 7.67. The zero-order valence-electron chi connectivity index (χ0n) is 23.2. The van der Waals surface area contributed by atoms with Gasteiger partial charge in [0.1, 0.15) is 0 Å². The predicted octanol–water partition coefficient (Wildman–Crippen LogP) is 6.64. The zero-order valence-corrected chi connectivity index (χ0v) is 23.2. The van der Waals surface area contributed by atoms with Crippen LogP contribution in [0.3, 0.4) is 0 Å². The van der Waals surface area contributed by atoms with Crippen molar-refractivity contribution in [1.82, 2.24) is 15.1 Å². The molecule has 6 nitrogen and oxygen atoms in total. The number of nitrogens with zero attached hydrogens (tertiary/aromatic N) is 2. The summed E-state index contributed by atoms with van der Waals surface area (Å²) in [6, 6.07) is 22.4. The number of aromatic nitrogens is 2. The number of fused-ring (bicyclic) bond motifs is 1. The van der Waals surface area contributed by atoms with Gasteiger partial charge in [-0.15, -0.1) is 0 Å². The Bertz CT molecular complexity index is 1310. The van der Waals surface area contributed by atoms with E-state index in [1.54, 1.807) is 10.9 Å². The number of anilines is 1. The third-order valence-electron chi connectivity index (χ3n) is 6.37. The second-order valence-electron chi connectivity index (χ2n) is 11.4. The van der Waals surface area contributed by atoms with Crippen LogP contribution in [0.4, 0.5) is 10.5 Å². The van der Waals surface area contributed by atoms with Crippen molar-refractivity contribution in [3.05, 3.63) is 95.2 Å². The highest BCUT2D eigenvalue weighted by atomic mass is 16.2. The van der Waals surface area contributed by atoms with Gasteiger partial charge < -0.3 is 16.4 Å². The van der Waals surface area contributed by atoms with Crippen molar-refractivity contribution < 1.29 is 4.79 Å². The first-order valence-electron chi connectivity index (χ1n) is 12.7. The van der Waals surface area contributed by atoms with Crippen LogP contribution in [-0.4, -0.2) is 15.8 Å². The monoisotopic (exact) mass is 499 g/mol. The summed E-state index contributed by atoms with van der Waals surface area (Å²) in [6.07, 6.45) is 1.76. The molecule has 0 atom stereocenters. The smallest absolute Gasteiger partial charge is 0.319 e. The summed E-state index contributed by atoms with van der Waals surface area (Å²) >= 11 is 0. The molecule has 37 heavy (non-hydrogen) atoms. The fourth-order valence-corrected chi connectivity index (χ4v) is 3.90. The lowest BCUT2D eigenvalue weighted by Crippen LogP contribution is -2.28. The SMILES string of the molecule is CC(C)(C)c1ccc(CN)cc1.Cn1ncc2c(NC(=O)NCc3ccc(C(C)(C)C)cc3)cccc21. The van der Waals surface area contributed by atoms with Crippen molar-refractivity contribution in [3.63, 3.8) is 0 Å². The highest BCUT2D eigenvalue weighted by molar-refractivity contribution is 6.00. The summed E-state index contributed by atoms with van der Waals surface area (Å²) < 4.78 is 1.79. The fourth-order valence-electron chi connectivity index (χ4n) is 3.90. The van der Waals surface area contributed by atoms with E-state index >= 15 is 0 Å². The van der Waals surface area contributed by atoms with Crippen LogP contribution >= 0.6 is 0 Å². The Morgan fingerprint density at radius 3 is 1.89 bits per heavy atom. The van der Waals surface area contributed by atoms with Crippen LogP contribution in [0.1, 0.15) is 63.8 Å². The fraction of sp³-hybridized carbons (Fsp3) is 0.355. The lowest BCUT2D eigenvalue weighted by atomic mass is 9.87. The number of hydrogen-bond acceptors (Lipinski definition) is 3. The molecule has 2 amide bonds. The summed E-state index contributed by atoms with van der Waals surface area (Å²) in [5, 5.41) is 11.0. The maximum atomic E-state index is 12.2. The predicted molar refractivity (Wildman–Crippen MR) is 155 cm³/mol. The summed E-state index contributed by atoms with van der Waals surface area (Å²) in [4.78, 5) is 12.2. The molecule has 196 valence electrons. The van der Waals surface area contributed by atoms with Crippen LogP contribution in [0.5, 0.6) is 0 Å². The van der Waals surface area contributed by atoms with Crippen LogP contribution in [-0.2, 0) is 31.0 Å². The van der Waals surface area contributed by atoms with Gasteiger partial charge in [-0.2, -0.15) is 5.10 Å².